The van der Waals surface area contributed by atoms with Crippen molar-refractivity contribution in [3.8, 4) is 17.3 Å². The molecule has 4 aromatic rings. The topological polar surface area (TPSA) is 86.3 Å². The lowest BCUT2D eigenvalue weighted by Gasteiger charge is -2.28. The summed E-state index contributed by atoms with van der Waals surface area (Å²) in [5.74, 6) is 1.52. The van der Waals surface area contributed by atoms with Crippen LogP contribution in [0.15, 0.2) is 59.1 Å². The Balaban J connectivity index is 1.41. The molecule has 2 aromatic carbocycles. The number of amides is 1. The number of benzene rings is 2. The van der Waals surface area contributed by atoms with E-state index in [0.29, 0.717) is 61.3 Å². The van der Waals surface area contributed by atoms with E-state index < -0.39 is 0 Å². The zero-order valence-corrected chi connectivity index (χ0v) is 18.7. The lowest BCUT2D eigenvalue weighted by Crippen LogP contribution is -2.36. The Labute approximate surface area is 191 Å². The second-order valence-electron chi connectivity index (χ2n) is 7.98. The highest BCUT2D eigenvalue weighted by molar-refractivity contribution is 5.97. The Hall–Kier alpha value is -3.94. The molecule has 33 heavy (non-hydrogen) atoms. The summed E-state index contributed by atoms with van der Waals surface area (Å²) < 4.78 is 13.1. The molecule has 0 atom stereocenters. The largest absolute Gasteiger partial charge is 0.493 e. The van der Waals surface area contributed by atoms with Crippen molar-refractivity contribution >= 4 is 5.91 Å². The summed E-state index contributed by atoms with van der Waals surface area (Å²) in [7, 11) is 1.91. The maximum absolute atomic E-state index is 13.3. The van der Waals surface area contributed by atoms with Gasteiger partial charge in [0.2, 0.25) is 0 Å². The third-order valence-corrected chi connectivity index (χ3v) is 5.82. The molecule has 1 amide bonds. The molecule has 0 N–H and O–H groups in total. The number of hydrogen-bond acceptors (Lipinski definition) is 6. The van der Waals surface area contributed by atoms with Crippen molar-refractivity contribution in [3.63, 3.8) is 0 Å². The van der Waals surface area contributed by atoms with Crippen molar-refractivity contribution in [2.45, 2.75) is 26.3 Å². The normalized spacial score (nSPS) is 13.1. The number of rotatable bonds is 6. The number of ether oxygens (including phenoxy) is 1. The van der Waals surface area contributed by atoms with E-state index >= 15 is 0 Å². The molecule has 0 aliphatic carbocycles. The van der Waals surface area contributed by atoms with Gasteiger partial charge in [0, 0.05) is 37.7 Å². The van der Waals surface area contributed by atoms with E-state index in [9.17, 15) is 4.79 Å². The van der Waals surface area contributed by atoms with Gasteiger partial charge in [-0.3, -0.25) is 9.48 Å². The summed E-state index contributed by atoms with van der Waals surface area (Å²) in [4.78, 5) is 19.7. The summed E-state index contributed by atoms with van der Waals surface area (Å²) in [5.41, 5.74) is 4.33. The summed E-state index contributed by atoms with van der Waals surface area (Å²) in [6.07, 6.45) is 1.28. The van der Waals surface area contributed by atoms with Crippen LogP contribution < -0.4 is 4.74 Å². The van der Waals surface area contributed by atoms with Gasteiger partial charge in [-0.25, -0.2) is 0 Å². The molecule has 0 bridgehead atoms. The third-order valence-electron chi connectivity index (χ3n) is 5.82. The average Bonchev–Trinajstić information content (AvgIpc) is 3.44. The minimum Gasteiger partial charge on any atom is -0.493 e. The van der Waals surface area contributed by atoms with Crippen molar-refractivity contribution in [3.05, 3.63) is 82.8 Å². The Bertz CT molecular complexity index is 1280. The van der Waals surface area contributed by atoms with Crippen LogP contribution >= 0.6 is 0 Å². The number of fused-ring (bicyclic) bond motifs is 1. The highest BCUT2D eigenvalue weighted by Crippen LogP contribution is 2.30. The first kappa shape index (κ1) is 20.9. The SMILES string of the molecule is CCOc1ccccc1C(=O)N1CCc2c(c(-c3nc(Cc4ccccc4)no3)nn2C)C1. The Morgan fingerprint density at radius 1 is 1.12 bits per heavy atom. The molecule has 8 heteroatoms. The van der Waals surface area contributed by atoms with Gasteiger partial charge >= 0.3 is 0 Å². The number of para-hydroxylation sites is 1. The molecule has 0 saturated carbocycles. The molecule has 0 radical (unpaired) electrons. The standard InChI is InChI=1S/C25H25N5O3/c1-3-32-21-12-8-7-11-18(21)25(31)30-14-13-20-19(16-30)23(27-29(20)2)24-26-22(28-33-24)15-17-9-5-4-6-10-17/h4-12H,3,13-16H2,1-2H3. The van der Waals surface area contributed by atoms with Gasteiger partial charge < -0.3 is 14.2 Å². The molecule has 1 aliphatic heterocycles. The van der Waals surface area contributed by atoms with E-state index in [1.165, 1.54) is 0 Å². The molecule has 0 fully saturated rings. The molecule has 2 aromatic heterocycles. The smallest absolute Gasteiger partial charge is 0.278 e. The number of hydrogen-bond donors (Lipinski definition) is 0. The van der Waals surface area contributed by atoms with Gasteiger partial charge in [-0.05, 0) is 24.6 Å². The van der Waals surface area contributed by atoms with E-state index in [0.717, 1.165) is 16.8 Å². The number of carbonyl (C=O) groups is 1. The number of aryl methyl sites for hydroxylation is 1. The first-order valence-electron chi connectivity index (χ1n) is 11.1. The van der Waals surface area contributed by atoms with Crippen LogP contribution in [0.1, 0.15) is 39.9 Å². The van der Waals surface area contributed by atoms with Crippen LogP contribution in [0.4, 0.5) is 0 Å². The van der Waals surface area contributed by atoms with Crippen LogP contribution in [0.25, 0.3) is 11.6 Å². The van der Waals surface area contributed by atoms with Gasteiger partial charge in [0.05, 0.1) is 18.7 Å². The fourth-order valence-corrected chi connectivity index (χ4v) is 4.23. The van der Waals surface area contributed by atoms with E-state index in [1.54, 1.807) is 6.07 Å². The quantitative estimate of drug-likeness (QED) is 0.452. The van der Waals surface area contributed by atoms with Gasteiger partial charge in [-0.15, -0.1) is 0 Å². The summed E-state index contributed by atoms with van der Waals surface area (Å²) in [6.45, 7) is 3.44. The Kier molecular flexibility index (Phi) is 5.64. The monoisotopic (exact) mass is 443 g/mol. The Morgan fingerprint density at radius 3 is 2.73 bits per heavy atom. The van der Waals surface area contributed by atoms with Gasteiger partial charge in [0.15, 0.2) is 11.5 Å². The zero-order valence-electron chi connectivity index (χ0n) is 18.7. The van der Waals surface area contributed by atoms with Crippen LogP contribution in [0.3, 0.4) is 0 Å². The fourth-order valence-electron chi connectivity index (χ4n) is 4.23. The van der Waals surface area contributed by atoms with Gasteiger partial charge in [-0.2, -0.15) is 10.1 Å². The van der Waals surface area contributed by atoms with Crippen molar-refractivity contribution in [2.75, 3.05) is 13.2 Å². The third kappa shape index (κ3) is 4.11. The summed E-state index contributed by atoms with van der Waals surface area (Å²) in [6, 6.07) is 17.4. The van der Waals surface area contributed by atoms with E-state index in [4.69, 9.17) is 9.26 Å². The van der Waals surface area contributed by atoms with Crippen LogP contribution in [0, 0.1) is 0 Å². The zero-order chi connectivity index (χ0) is 22.8. The van der Waals surface area contributed by atoms with Gasteiger partial charge in [-0.1, -0.05) is 47.6 Å². The van der Waals surface area contributed by atoms with Crippen molar-refractivity contribution in [2.24, 2.45) is 7.05 Å². The van der Waals surface area contributed by atoms with Crippen LogP contribution in [-0.4, -0.2) is 43.9 Å². The number of carbonyl (C=O) groups excluding carboxylic acids is 1. The molecule has 0 unspecified atom stereocenters. The maximum atomic E-state index is 13.3. The van der Waals surface area contributed by atoms with Gasteiger partial charge in [0.25, 0.3) is 11.8 Å². The second-order valence-corrected chi connectivity index (χ2v) is 7.98. The van der Waals surface area contributed by atoms with Crippen molar-refractivity contribution in [1.29, 1.82) is 0 Å². The van der Waals surface area contributed by atoms with Crippen LogP contribution in [-0.2, 0) is 26.4 Å². The molecule has 0 saturated heterocycles. The lowest BCUT2D eigenvalue weighted by molar-refractivity contribution is 0.0729. The van der Waals surface area contributed by atoms with E-state index in [-0.39, 0.29) is 5.91 Å². The molecular formula is C25H25N5O3. The van der Waals surface area contributed by atoms with Gasteiger partial charge in [0.1, 0.15) is 5.75 Å². The minimum atomic E-state index is -0.0604. The molecule has 5 rings (SSSR count). The molecule has 8 nitrogen and oxygen atoms in total. The summed E-state index contributed by atoms with van der Waals surface area (Å²) >= 11 is 0. The highest BCUT2D eigenvalue weighted by Gasteiger charge is 2.30. The van der Waals surface area contributed by atoms with E-state index in [1.807, 2.05) is 72.1 Å². The molecular weight excluding hydrogens is 418 g/mol. The number of nitrogens with zero attached hydrogens (tertiary/aromatic N) is 5. The highest BCUT2D eigenvalue weighted by atomic mass is 16.5. The van der Waals surface area contributed by atoms with Crippen LogP contribution in [0.2, 0.25) is 0 Å². The molecule has 168 valence electrons. The van der Waals surface area contributed by atoms with Crippen molar-refractivity contribution in [1.82, 2.24) is 24.8 Å². The fraction of sp³-hybridized carbons (Fsp3) is 0.280. The molecule has 0 spiro atoms. The van der Waals surface area contributed by atoms with Crippen molar-refractivity contribution < 1.29 is 14.1 Å². The maximum Gasteiger partial charge on any atom is 0.278 e. The molecule has 3 heterocycles. The number of aromatic nitrogens is 4. The minimum absolute atomic E-state index is 0.0604. The average molecular weight is 444 g/mol. The second kappa shape index (κ2) is 8.90. The Morgan fingerprint density at radius 2 is 1.91 bits per heavy atom. The van der Waals surface area contributed by atoms with Crippen LogP contribution in [0.5, 0.6) is 5.75 Å². The molecule has 1 aliphatic rings. The first-order chi connectivity index (χ1) is 16.1. The predicted molar refractivity (Wildman–Crippen MR) is 122 cm³/mol. The first-order valence-corrected chi connectivity index (χ1v) is 11.1. The predicted octanol–water partition coefficient (Wildman–Crippen LogP) is 3.66. The lowest BCUT2D eigenvalue weighted by atomic mass is 10.0. The van der Waals surface area contributed by atoms with E-state index in [2.05, 4.69) is 15.2 Å². The summed E-state index contributed by atoms with van der Waals surface area (Å²) in [5, 5.41) is 8.80.